The zero-order chi connectivity index (χ0) is 26.9. The van der Waals surface area contributed by atoms with E-state index in [2.05, 4.69) is 15.2 Å². The van der Waals surface area contributed by atoms with Gasteiger partial charge in [-0.3, -0.25) is 14.6 Å². The van der Waals surface area contributed by atoms with Gasteiger partial charge in [0.2, 0.25) is 21.8 Å². The smallest absolute Gasteiger partial charge is 0.243 e. The van der Waals surface area contributed by atoms with Gasteiger partial charge in [0, 0.05) is 75.2 Å². The van der Waals surface area contributed by atoms with Crippen LogP contribution in [0, 0.1) is 11.7 Å². The molecule has 3 aromatic rings. The van der Waals surface area contributed by atoms with E-state index in [-0.39, 0.29) is 29.1 Å². The molecule has 0 spiro atoms. The summed E-state index contributed by atoms with van der Waals surface area (Å²) in [7, 11) is -3.82. The second kappa shape index (κ2) is 10.7. The maximum absolute atomic E-state index is 13.6. The molecule has 2 aromatic carbocycles. The van der Waals surface area contributed by atoms with Crippen molar-refractivity contribution in [2.75, 3.05) is 49.5 Å². The van der Waals surface area contributed by atoms with Crippen LogP contribution >= 0.6 is 0 Å². The van der Waals surface area contributed by atoms with Gasteiger partial charge in [0.25, 0.3) is 0 Å². The minimum absolute atomic E-state index is 0.0294. The second-order valence-corrected chi connectivity index (χ2v) is 11.7. The number of carbonyl (C=O) groups excluding carboxylic acids is 2. The first-order valence-electron chi connectivity index (χ1n) is 12.7. The first kappa shape index (κ1) is 26.1. The van der Waals surface area contributed by atoms with E-state index in [4.69, 9.17) is 0 Å². The molecule has 1 unspecified atom stereocenters. The molecule has 9 nitrogen and oxygen atoms in total. The van der Waals surface area contributed by atoms with Crippen molar-refractivity contribution in [3.63, 3.8) is 0 Å². The van der Waals surface area contributed by atoms with E-state index in [0.717, 1.165) is 11.1 Å². The van der Waals surface area contributed by atoms with Crippen LogP contribution in [0.3, 0.4) is 0 Å². The topological polar surface area (TPSA) is 103 Å². The van der Waals surface area contributed by atoms with Crippen LogP contribution in [-0.2, 0) is 19.6 Å². The monoisotopic (exact) mass is 539 g/mol. The predicted molar refractivity (Wildman–Crippen MR) is 143 cm³/mol. The number of halogens is 1. The normalized spacial score (nSPS) is 18.9. The lowest BCUT2D eigenvalue weighted by atomic mass is 9.97. The van der Waals surface area contributed by atoms with Gasteiger partial charge in [-0.2, -0.15) is 4.31 Å². The second-order valence-electron chi connectivity index (χ2n) is 9.72. The molecular weight excluding hydrogens is 509 g/mol. The molecule has 1 N–H and O–H groups in total. The van der Waals surface area contributed by atoms with Crippen molar-refractivity contribution in [3.8, 4) is 0 Å². The third kappa shape index (κ3) is 5.34. The Labute approximate surface area is 221 Å². The number of nitrogens with one attached hydrogen (secondary N) is 1. The van der Waals surface area contributed by atoms with E-state index in [1.807, 2.05) is 11.0 Å². The lowest BCUT2D eigenvalue weighted by Crippen LogP contribution is -2.53. The lowest BCUT2D eigenvalue weighted by molar-refractivity contribution is -0.137. The molecule has 1 aromatic heterocycles. The number of piperidine rings is 1. The van der Waals surface area contributed by atoms with Gasteiger partial charge in [0.05, 0.1) is 16.3 Å². The van der Waals surface area contributed by atoms with E-state index in [1.54, 1.807) is 24.4 Å². The Morgan fingerprint density at radius 2 is 1.82 bits per heavy atom. The van der Waals surface area contributed by atoms with Crippen LogP contribution in [0.1, 0.15) is 19.8 Å². The van der Waals surface area contributed by atoms with Crippen LogP contribution in [0.2, 0.25) is 0 Å². The highest BCUT2D eigenvalue weighted by Crippen LogP contribution is 2.29. The highest BCUT2D eigenvalue weighted by atomic mass is 32.2. The lowest BCUT2D eigenvalue weighted by Gasteiger charge is -2.39. The number of aromatic nitrogens is 1. The van der Waals surface area contributed by atoms with Crippen molar-refractivity contribution < 1.29 is 22.4 Å². The number of nitrogens with zero attached hydrogens (tertiary/aromatic N) is 4. The summed E-state index contributed by atoms with van der Waals surface area (Å²) in [5.41, 5.74) is 1.96. The Kier molecular flexibility index (Phi) is 7.31. The van der Waals surface area contributed by atoms with Gasteiger partial charge in [0.1, 0.15) is 5.82 Å². The zero-order valence-corrected chi connectivity index (χ0v) is 22.0. The third-order valence-corrected chi connectivity index (χ3v) is 9.00. The van der Waals surface area contributed by atoms with Gasteiger partial charge in [-0.15, -0.1) is 0 Å². The molecule has 2 fully saturated rings. The molecular formula is C27H30FN5O4S. The molecule has 0 aliphatic carbocycles. The summed E-state index contributed by atoms with van der Waals surface area (Å²) in [6.45, 7) is 4.12. The summed E-state index contributed by atoms with van der Waals surface area (Å²) in [4.78, 5) is 33.1. The summed E-state index contributed by atoms with van der Waals surface area (Å²) in [6, 6.07) is 12.6. The van der Waals surface area contributed by atoms with Gasteiger partial charge >= 0.3 is 0 Å². The van der Waals surface area contributed by atoms with Crippen molar-refractivity contribution in [1.82, 2.24) is 14.2 Å². The Morgan fingerprint density at radius 1 is 1.03 bits per heavy atom. The maximum Gasteiger partial charge on any atom is 0.243 e. The van der Waals surface area contributed by atoms with E-state index in [9.17, 15) is 22.4 Å². The fourth-order valence-electron chi connectivity index (χ4n) is 5.26. The van der Waals surface area contributed by atoms with Crippen molar-refractivity contribution in [2.45, 2.75) is 24.7 Å². The number of amides is 2. The molecule has 38 heavy (non-hydrogen) atoms. The number of fused-ring (bicyclic) bond motifs is 1. The van der Waals surface area contributed by atoms with Crippen LogP contribution < -0.4 is 10.2 Å². The Balaban J connectivity index is 1.24. The predicted octanol–water partition coefficient (Wildman–Crippen LogP) is 3.08. The molecule has 2 aliphatic heterocycles. The van der Waals surface area contributed by atoms with Crippen LogP contribution in [0.25, 0.3) is 10.9 Å². The van der Waals surface area contributed by atoms with Crippen LogP contribution in [0.4, 0.5) is 15.8 Å². The largest absolute Gasteiger partial charge is 0.367 e. The Bertz CT molecular complexity index is 1470. The summed E-state index contributed by atoms with van der Waals surface area (Å²) in [5.74, 6) is -1.05. The molecule has 0 bridgehead atoms. The summed E-state index contributed by atoms with van der Waals surface area (Å²) >= 11 is 0. The van der Waals surface area contributed by atoms with Crippen LogP contribution in [0.15, 0.2) is 59.6 Å². The van der Waals surface area contributed by atoms with Crippen molar-refractivity contribution >= 4 is 44.1 Å². The molecule has 5 rings (SSSR count). The third-order valence-electron chi connectivity index (χ3n) is 7.14. The van der Waals surface area contributed by atoms with Gasteiger partial charge in [-0.1, -0.05) is 6.07 Å². The van der Waals surface area contributed by atoms with Gasteiger partial charge in [-0.25, -0.2) is 12.8 Å². The van der Waals surface area contributed by atoms with Gasteiger partial charge < -0.3 is 15.1 Å². The summed E-state index contributed by atoms with van der Waals surface area (Å²) in [6.07, 6.45) is 2.90. The van der Waals surface area contributed by atoms with Gasteiger partial charge in [0.15, 0.2) is 0 Å². The van der Waals surface area contributed by atoms with E-state index >= 15 is 0 Å². The highest BCUT2D eigenvalue weighted by molar-refractivity contribution is 7.89. The number of piperazine rings is 1. The fourth-order valence-corrected chi connectivity index (χ4v) is 6.83. The summed E-state index contributed by atoms with van der Waals surface area (Å²) < 4.78 is 41.7. The van der Waals surface area contributed by atoms with Gasteiger partial charge in [-0.05, 0) is 49.2 Å². The van der Waals surface area contributed by atoms with Crippen molar-refractivity contribution in [1.29, 1.82) is 0 Å². The number of hydrogen-bond donors (Lipinski definition) is 1. The molecule has 2 amide bonds. The van der Waals surface area contributed by atoms with E-state index in [0.29, 0.717) is 56.8 Å². The molecule has 2 saturated heterocycles. The summed E-state index contributed by atoms with van der Waals surface area (Å²) in [5, 5.41) is 3.48. The zero-order valence-electron chi connectivity index (χ0n) is 21.1. The minimum Gasteiger partial charge on any atom is -0.367 e. The average molecular weight is 540 g/mol. The van der Waals surface area contributed by atoms with Crippen LogP contribution in [0.5, 0.6) is 0 Å². The Morgan fingerprint density at radius 3 is 2.58 bits per heavy atom. The molecule has 3 heterocycles. The molecule has 2 aliphatic rings. The quantitative estimate of drug-likeness (QED) is 0.535. The first-order valence-corrected chi connectivity index (χ1v) is 14.1. The molecule has 1 atom stereocenters. The van der Waals surface area contributed by atoms with Crippen molar-refractivity contribution in [2.24, 2.45) is 5.92 Å². The molecule has 0 saturated carbocycles. The maximum atomic E-state index is 13.6. The molecule has 11 heteroatoms. The number of anilines is 2. The number of rotatable bonds is 5. The minimum atomic E-state index is -3.82. The Hall–Kier alpha value is -3.57. The first-order chi connectivity index (χ1) is 18.2. The van der Waals surface area contributed by atoms with E-state index in [1.165, 1.54) is 35.5 Å². The number of sulfonamides is 1. The van der Waals surface area contributed by atoms with Crippen molar-refractivity contribution in [3.05, 3.63) is 60.5 Å². The molecule has 0 radical (unpaired) electrons. The molecule has 200 valence electrons. The SMILES string of the molecule is CC(=O)Nc1cccc(S(=O)(=O)N2CCCC(C(=O)N3CCN(c4ccnc5cc(F)ccc45)CC3)C2)c1. The highest BCUT2D eigenvalue weighted by Gasteiger charge is 2.36. The number of carbonyl (C=O) groups is 2. The fraction of sp³-hybridized carbons (Fsp3) is 0.370. The van der Waals surface area contributed by atoms with E-state index < -0.39 is 15.9 Å². The number of benzene rings is 2. The number of pyridine rings is 1. The average Bonchev–Trinajstić information content (AvgIpc) is 2.92. The number of hydrogen-bond acceptors (Lipinski definition) is 6. The standard InChI is InChI=1S/C27H30FN5O4S/c1-19(34)30-22-5-2-6-23(17-22)38(36,37)33-11-3-4-20(18-33)27(35)32-14-12-31(13-15-32)26-9-10-29-25-16-21(28)7-8-24(25)26/h2,5-10,16-17,20H,3-4,11-15,18H2,1H3,(H,30,34). The van der Waals surface area contributed by atoms with Crippen LogP contribution in [-0.4, -0.2) is 73.7 Å².